The average molecular weight is 262 g/mol. The molecular weight excluding hydrogens is 251 g/mol. The van der Waals surface area contributed by atoms with Crippen molar-refractivity contribution in [1.82, 2.24) is 0 Å². The first-order valence-corrected chi connectivity index (χ1v) is 4.61. The van der Waals surface area contributed by atoms with E-state index in [0.29, 0.717) is 0 Å². The first-order chi connectivity index (χ1) is 5.27. The van der Waals surface area contributed by atoms with E-state index in [-0.39, 0.29) is 0 Å². The van der Waals surface area contributed by atoms with Crippen LogP contribution in [0, 0.1) is 3.57 Å². The Hall–Kier alpha value is -0.290. The van der Waals surface area contributed by atoms with Crippen LogP contribution in [-0.2, 0) is 6.42 Å². The molecule has 3 N–H and O–H groups in total. The fourth-order valence-corrected chi connectivity index (χ4v) is 1.39. The lowest BCUT2D eigenvalue weighted by Crippen LogP contribution is -2.08. The van der Waals surface area contributed by atoms with Gasteiger partial charge >= 0.3 is 0 Å². The molecular formula is C8H11IN2. The number of nitrogen functional groups attached to an aromatic ring is 1. The van der Waals surface area contributed by atoms with E-state index in [0.717, 1.165) is 15.7 Å². The molecule has 1 aromatic rings. The minimum atomic E-state index is 1.00. The summed E-state index contributed by atoms with van der Waals surface area (Å²) in [6, 6.07) is 6.25. The lowest BCUT2D eigenvalue weighted by Gasteiger charge is -2.04. The summed E-state index contributed by atoms with van der Waals surface area (Å²) >= 11 is 2.25. The van der Waals surface area contributed by atoms with Crippen LogP contribution in [0.1, 0.15) is 12.5 Å². The molecule has 0 aliphatic carbocycles. The van der Waals surface area contributed by atoms with Crippen molar-refractivity contribution >= 4 is 28.3 Å². The molecule has 0 amide bonds. The third-order valence-electron chi connectivity index (χ3n) is 1.59. The Kier molecular flexibility index (Phi) is 3.14. The first-order valence-electron chi connectivity index (χ1n) is 3.53. The van der Waals surface area contributed by atoms with Gasteiger partial charge in [0.2, 0.25) is 0 Å². The molecule has 0 aliphatic heterocycles. The highest BCUT2D eigenvalue weighted by Gasteiger charge is 1.97. The van der Waals surface area contributed by atoms with Crippen molar-refractivity contribution in [2.45, 2.75) is 13.3 Å². The second-order valence-electron chi connectivity index (χ2n) is 2.31. The number of halogens is 1. The van der Waals surface area contributed by atoms with E-state index in [1.807, 2.05) is 0 Å². The van der Waals surface area contributed by atoms with E-state index in [9.17, 15) is 0 Å². The molecule has 0 heterocycles. The molecule has 0 saturated heterocycles. The first kappa shape index (κ1) is 8.80. The molecule has 0 radical (unpaired) electrons. The molecule has 2 nitrogen and oxygen atoms in total. The number of hydrogen-bond donors (Lipinski definition) is 2. The number of hydrazine groups is 1. The van der Waals surface area contributed by atoms with E-state index in [2.05, 4.69) is 53.1 Å². The second-order valence-corrected chi connectivity index (χ2v) is 3.47. The van der Waals surface area contributed by atoms with Gasteiger partial charge < -0.3 is 5.43 Å². The van der Waals surface area contributed by atoms with Gasteiger partial charge in [-0.3, -0.25) is 5.84 Å². The largest absolute Gasteiger partial charge is 0.323 e. The van der Waals surface area contributed by atoms with Crippen molar-refractivity contribution in [2.24, 2.45) is 5.84 Å². The van der Waals surface area contributed by atoms with Gasteiger partial charge in [0.25, 0.3) is 0 Å². The van der Waals surface area contributed by atoms with E-state index < -0.39 is 0 Å². The van der Waals surface area contributed by atoms with Crippen molar-refractivity contribution in [3.63, 3.8) is 0 Å². The number of anilines is 1. The normalized spacial score (nSPS) is 9.73. The standard InChI is InChI=1S/C8H11IN2/c1-2-6-3-4-7(9)8(5-6)11-10/h3-5,11H,2,10H2,1H3. The molecule has 60 valence electrons. The molecule has 0 fully saturated rings. The topological polar surface area (TPSA) is 38.0 Å². The van der Waals surface area contributed by atoms with E-state index in [4.69, 9.17) is 5.84 Å². The van der Waals surface area contributed by atoms with Crippen molar-refractivity contribution < 1.29 is 0 Å². The van der Waals surface area contributed by atoms with Crippen molar-refractivity contribution in [3.8, 4) is 0 Å². The zero-order chi connectivity index (χ0) is 8.27. The van der Waals surface area contributed by atoms with Crippen LogP contribution in [0.25, 0.3) is 0 Å². The molecule has 0 unspecified atom stereocenters. The summed E-state index contributed by atoms with van der Waals surface area (Å²) in [6.45, 7) is 2.13. The van der Waals surface area contributed by atoms with Gasteiger partial charge in [0.1, 0.15) is 0 Å². The predicted octanol–water partition coefficient (Wildman–Crippen LogP) is 2.14. The van der Waals surface area contributed by atoms with E-state index in [1.165, 1.54) is 5.56 Å². The highest BCUT2D eigenvalue weighted by Crippen LogP contribution is 2.18. The molecule has 1 aromatic carbocycles. The molecule has 0 aromatic heterocycles. The van der Waals surface area contributed by atoms with Gasteiger partial charge in [-0.2, -0.15) is 0 Å². The molecule has 0 atom stereocenters. The summed E-state index contributed by atoms with van der Waals surface area (Å²) in [6.07, 6.45) is 1.05. The Balaban J connectivity index is 3.02. The Bertz CT molecular complexity index is 248. The number of nitrogens with two attached hydrogens (primary N) is 1. The highest BCUT2D eigenvalue weighted by atomic mass is 127. The van der Waals surface area contributed by atoms with Crippen molar-refractivity contribution in [2.75, 3.05) is 5.43 Å². The number of aryl methyl sites for hydroxylation is 1. The molecule has 0 bridgehead atoms. The van der Waals surface area contributed by atoms with Gasteiger partial charge in [-0.05, 0) is 46.7 Å². The molecule has 0 saturated carbocycles. The predicted molar refractivity (Wildman–Crippen MR) is 56.3 cm³/mol. The van der Waals surface area contributed by atoms with Gasteiger partial charge in [-0.15, -0.1) is 0 Å². The Labute approximate surface area is 80.3 Å². The summed E-state index contributed by atoms with van der Waals surface area (Å²) < 4.78 is 1.15. The number of nitrogens with one attached hydrogen (secondary N) is 1. The van der Waals surface area contributed by atoms with E-state index in [1.54, 1.807) is 0 Å². The maximum Gasteiger partial charge on any atom is 0.0621 e. The third-order valence-corrected chi connectivity index (χ3v) is 2.54. The third kappa shape index (κ3) is 2.07. The van der Waals surface area contributed by atoms with Crippen LogP contribution in [-0.4, -0.2) is 0 Å². The van der Waals surface area contributed by atoms with Crippen LogP contribution in [0.2, 0.25) is 0 Å². The number of benzene rings is 1. The summed E-state index contributed by atoms with van der Waals surface area (Å²) in [5.41, 5.74) is 4.97. The monoisotopic (exact) mass is 262 g/mol. The Morgan fingerprint density at radius 3 is 2.82 bits per heavy atom. The summed E-state index contributed by atoms with van der Waals surface area (Å²) in [7, 11) is 0. The van der Waals surface area contributed by atoms with Crippen molar-refractivity contribution in [1.29, 1.82) is 0 Å². The molecule has 0 aliphatic rings. The van der Waals surface area contributed by atoms with Gasteiger partial charge in [0.05, 0.1) is 5.69 Å². The minimum absolute atomic E-state index is 1.00. The lowest BCUT2D eigenvalue weighted by atomic mass is 10.1. The Morgan fingerprint density at radius 1 is 1.55 bits per heavy atom. The van der Waals surface area contributed by atoms with Gasteiger partial charge in [-0.25, -0.2) is 0 Å². The Morgan fingerprint density at radius 2 is 2.27 bits per heavy atom. The van der Waals surface area contributed by atoms with Crippen LogP contribution in [0.5, 0.6) is 0 Å². The summed E-state index contributed by atoms with van der Waals surface area (Å²) in [4.78, 5) is 0. The molecule has 0 spiro atoms. The highest BCUT2D eigenvalue weighted by molar-refractivity contribution is 14.1. The maximum absolute atomic E-state index is 5.32. The second kappa shape index (κ2) is 3.92. The van der Waals surface area contributed by atoms with Gasteiger partial charge in [-0.1, -0.05) is 13.0 Å². The van der Waals surface area contributed by atoms with Gasteiger partial charge in [0, 0.05) is 3.57 Å². The summed E-state index contributed by atoms with van der Waals surface area (Å²) in [5.74, 6) is 5.32. The van der Waals surface area contributed by atoms with Crippen molar-refractivity contribution in [3.05, 3.63) is 27.3 Å². The quantitative estimate of drug-likeness (QED) is 0.487. The number of rotatable bonds is 2. The van der Waals surface area contributed by atoms with Crippen LogP contribution >= 0.6 is 22.6 Å². The number of hydrogen-bond acceptors (Lipinski definition) is 2. The van der Waals surface area contributed by atoms with Crippen LogP contribution < -0.4 is 11.3 Å². The van der Waals surface area contributed by atoms with Gasteiger partial charge in [0.15, 0.2) is 0 Å². The van der Waals surface area contributed by atoms with Crippen LogP contribution in [0.4, 0.5) is 5.69 Å². The molecule has 11 heavy (non-hydrogen) atoms. The molecule has 3 heteroatoms. The van der Waals surface area contributed by atoms with Crippen LogP contribution in [0.15, 0.2) is 18.2 Å². The summed E-state index contributed by atoms with van der Waals surface area (Å²) in [5, 5.41) is 0. The SMILES string of the molecule is CCc1ccc(I)c(NN)c1. The minimum Gasteiger partial charge on any atom is -0.323 e. The fourth-order valence-electron chi connectivity index (χ4n) is 0.903. The maximum atomic E-state index is 5.32. The fraction of sp³-hybridized carbons (Fsp3) is 0.250. The van der Waals surface area contributed by atoms with Crippen LogP contribution in [0.3, 0.4) is 0 Å². The zero-order valence-corrected chi connectivity index (χ0v) is 8.55. The lowest BCUT2D eigenvalue weighted by molar-refractivity contribution is 1.13. The smallest absolute Gasteiger partial charge is 0.0621 e. The molecule has 1 rings (SSSR count). The average Bonchev–Trinajstić information content (AvgIpc) is 2.05. The zero-order valence-electron chi connectivity index (χ0n) is 6.39. The van der Waals surface area contributed by atoms with E-state index >= 15 is 0 Å².